The Morgan fingerprint density at radius 2 is 1.71 bits per heavy atom. The second-order valence-electron chi connectivity index (χ2n) is 4.09. The molecule has 0 N–H and O–H groups in total. The molecule has 0 spiro atoms. The Bertz CT molecular complexity index is 322. The van der Waals surface area contributed by atoms with E-state index in [1.807, 2.05) is 32.9 Å². The molecule has 14 heavy (non-hydrogen) atoms. The van der Waals surface area contributed by atoms with Crippen molar-refractivity contribution in [1.29, 1.82) is 0 Å². The van der Waals surface area contributed by atoms with Crippen molar-refractivity contribution in [2.24, 2.45) is 5.41 Å². The molecule has 1 aromatic carbocycles. The van der Waals surface area contributed by atoms with Crippen molar-refractivity contribution in [3.63, 3.8) is 0 Å². The van der Waals surface area contributed by atoms with E-state index in [2.05, 4.69) is 15.9 Å². The number of hydrogen-bond acceptors (Lipinski definition) is 2. The van der Waals surface area contributed by atoms with E-state index in [1.165, 1.54) is 0 Å². The van der Waals surface area contributed by atoms with Crippen LogP contribution in [0.4, 0.5) is 0 Å². The second-order valence-corrected chi connectivity index (χ2v) is 5.01. The quantitative estimate of drug-likeness (QED) is 0.569. The molecule has 0 radical (unpaired) electrons. The van der Waals surface area contributed by atoms with E-state index in [1.54, 1.807) is 12.1 Å². The Kier molecular flexibility index (Phi) is 3.32. The Balaban J connectivity index is 2.71. The fraction of sp³-hybridized carbons (Fsp3) is 0.364. The maximum atomic E-state index is 11.5. The summed E-state index contributed by atoms with van der Waals surface area (Å²) in [7, 11) is 0. The maximum Gasteiger partial charge on any atom is 0.316 e. The lowest BCUT2D eigenvalue weighted by molar-refractivity contribution is -0.142. The van der Waals surface area contributed by atoms with Gasteiger partial charge in [0.15, 0.2) is 0 Å². The highest BCUT2D eigenvalue weighted by molar-refractivity contribution is 9.10. The van der Waals surface area contributed by atoms with E-state index in [0.717, 1.165) is 4.47 Å². The number of halogens is 1. The number of ether oxygens (including phenoxy) is 1. The number of carbonyl (C=O) groups is 1. The molecule has 76 valence electrons. The first-order valence-electron chi connectivity index (χ1n) is 4.37. The van der Waals surface area contributed by atoms with Crippen LogP contribution >= 0.6 is 15.9 Å². The average molecular weight is 257 g/mol. The minimum atomic E-state index is -0.465. The summed E-state index contributed by atoms with van der Waals surface area (Å²) in [6, 6.07) is 7.19. The van der Waals surface area contributed by atoms with E-state index in [4.69, 9.17) is 4.74 Å². The molecule has 0 aliphatic carbocycles. The van der Waals surface area contributed by atoms with Gasteiger partial charge >= 0.3 is 5.97 Å². The van der Waals surface area contributed by atoms with Gasteiger partial charge in [0.1, 0.15) is 5.75 Å². The fourth-order valence-electron chi connectivity index (χ4n) is 0.763. The minimum absolute atomic E-state index is 0.222. The van der Waals surface area contributed by atoms with Gasteiger partial charge in [-0.25, -0.2) is 0 Å². The van der Waals surface area contributed by atoms with Crippen LogP contribution in [-0.2, 0) is 4.79 Å². The van der Waals surface area contributed by atoms with Crippen LogP contribution < -0.4 is 4.74 Å². The molecule has 0 saturated carbocycles. The molecular formula is C11H13BrO2. The van der Waals surface area contributed by atoms with Crippen LogP contribution in [0.25, 0.3) is 0 Å². The Hall–Kier alpha value is -0.830. The SMILES string of the molecule is CC(C)(C)C(=O)Oc1ccc(Br)cc1. The van der Waals surface area contributed by atoms with Crippen LogP contribution in [0.3, 0.4) is 0 Å². The predicted molar refractivity (Wildman–Crippen MR) is 59.2 cm³/mol. The summed E-state index contributed by atoms with van der Waals surface area (Å²) in [5.41, 5.74) is -0.465. The van der Waals surface area contributed by atoms with Crippen LogP contribution in [0.15, 0.2) is 28.7 Å². The van der Waals surface area contributed by atoms with Crippen molar-refractivity contribution in [3.05, 3.63) is 28.7 Å². The van der Waals surface area contributed by atoms with Crippen molar-refractivity contribution in [3.8, 4) is 5.75 Å². The summed E-state index contributed by atoms with van der Waals surface area (Å²) in [5, 5.41) is 0. The van der Waals surface area contributed by atoms with Crippen LogP contribution in [0.5, 0.6) is 5.75 Å². The first-order chi connectivity index (χ1) is 6.39. The lowest BCUT2D eigenvalue weighted by atomic mass is 9.97. The topological polar surface area (TPSA) is 26.3 Å². The zero-order valence-corrected chi connectivity index (χ0v) is 10.1. The van der Waals surface area contributed by atoms with Gasteiger partial charge in [-0.15, -0.1) is 0 Å². The van der Waals surface area contributed by atoms with Crippen molar-refractivity contribution in [1.82, 2.24) is 0 Å². The van der Waals surface area contributed by atoms with Gasteiger partial charge in [0.25, 0.3) is 0 Å². The number of rotatable bonds is 1. The molecule has 0 heterocycles. The number of esters is 1. The van der Waals surface area contributed by atoms with Crippen LogP contribution in [0, 0.1) is 5.41 Å². The lowest BCUT2D eigenvalue weighted by Crippen LogP contribution is -2.25. The largest absolute Gasteiger partial charge is 0.426 e. The molecule has 0 aliphatic rings. The van der Waals surface area contributed by atoms with E-state index in [9.17, 15) is 4.79 Å². The molecule has 2 nitrogen and oxygen atoms in total. The number of benzene rings is 1. The van der Waals surface area contributed by atoms with E-state index in [0.29, 0.717) is 5.75 Å². The molecule has 1 rings (SSSR count). The summed E-state index contributed by atoms with van der Waals surface area (Å²) >= 11 is 3.31. The number of carbonyl (C=O) groups excluding carboxylic acids is 1. The normalized spacial score (nSPS) is 11.1. The van der Waals surface area contributed by atoms with Gasteiger partial charge in [-0.3, -0.25) is 4.79 Å². The second kappa shape index (κ2) is 4.13. The first kappa shape index (κ1) is 11.2. The fourth-order valence-corrected chi connectivity index (χ4v) is 1.03. The molecule has 0 bridgehead atoms. The molecular weight excluding hydrogens is 244 g/mol. The van der Waals surface area contributed by atoms with Gasteiger partial charge in [-0.2, -0.15) is 0 Å². The van der Waals surface area contributed by atoms with Crippen molar-refractivity contribution in [2.75, 3.05) is 0 Å². The zero-order valence-electron chi connectivity index (χ0n) is 8.50. The predicted octanol–water partition coefficient (Wildman–Crippen LogP) is 3.40. The third kappa shape index (κ3) is 3.14. The standard InChI is InChI=1S/C11H13BrO2/c1-11(2,3)10(13)14-9-6-4-8(12)5-7-9/h4-7H,1-3H3. The molecule has 0 saturated heterocycles. The van der Waals surface area contributed by atoms with Crippen molar-refractivity contribution in [2.45, 2.75) is 20.8 Å². The lowest BCUT2D eigenvalue weighted by Gasteiger charge is -2.16. The minimum Gasteiger partial charge on any atom is -0.426 e. The molecule has 1 aromatic rings. The Morgan fingerprint density at radius 3 is 2.14 bits per heavy atom. The van der Waals surface area contributed by atoms with Gasteiger partial charge < -0.3 is 4.74 Å². The maximum absolute atomic E-state index is 11.5. The molecule has 0 amide bonds. The molecule has 0 aliphatic heterocycles. The molecule has 0 atom stereocenters. The van der Waals surface area contributed by atoms with E-state index >= 15 is 0 Å². The Labute approximate surface area is 92.4 Å². The summed E-state index contributed by atoms with van der Waals surface area (Å²) in [6.07, 6.45) is 0. The monoisotopic (exact) mass is 256 g/mol. The summed E-state index contributed by atoms with van der Waals surface area (Å²) in [6.45, 7) is 5.48. The van der Waals surface area contributed by atoms with Gasteiger partial charge in [-0.1, -0.05) is 15.9 Å². The Morgan fingerprint density at radius 1 is 1.21 bits per heavy atom. The molecule has 3 heteroatoms. The molecule has 0 unspecified atom stereocenters. The highest BCUT2D eigenvalue weighted by Crippen LogP contribution is 2.20. The van der Waals surface area contributed by atoms with E-state index < -0.39 is 5.41 Å². The number of hydrogen-bond donors (Lipinski definition) is 0. The van der Waals surface area contributed by atoms with Crippen molar-refractivity contribution < 1.29 is 9.53 Å². The zero-order chi connectivity index (χ0) is 10.8. The van der Waals surface area contributed by atoms with Gasteiger partial charge in [0.2, 0.25) is 0 Å². The highest BCUT2D eigenvalue weighted by atomic mass is 79.9. The van der Waals surface area contributed by atoms with E-state index in [-0.39, 0.29) is 5.97 Å². The van der Waals surface area contributed by atoms with Crippen LogP contribution in [-0.4, -0.2) is 5.97 Å². The molecule has 0 fully saturated rings. The van der Waals surface area contributed by atoms with Crippen LogP contribution in [0.2, 0.25) is 0 Å². The third-order valence-corrected chi connectivity index (χ3v) is 2.17. The summed E-state index contributed by atoms with van der Waals surface area (Å²) in [5.74, 6) is 0.355. The molecule has 0 aromatic heterocycles. The average Bonchev–Trinajstić information content (AvgIpc) is 2.07. The third-order valence-electron chi connectivity index (χ3n) is 1.64. The first-order valence-corrected chi connectivity index (χ1v) is 5.17. The van der Waals surface area contributed by atoms with Gasteiger partial charge in [0.05, 0.1) is 5.41 Å². The van der Waals surface area contributed by atoms with Gasteiger partial charge in [-0.05, 0) is 45.0 Å². The van der Waals surface area contributed by atoms with Crippen molar-refractivity contribution >= 4 is 21.9 Å². The smallest absolute Gasteiger partial charge is 0.316 e. The summed E-state index contributed by atoms with van der Waals surface area (Å²) in [4.78, 5) is 11.5. The summed E-state index contributed by atoms with van der Waals surface area (Å²) < 4.78 is 6.14. The highest BCUT2D eigenvalue weighted by Gasteiger charge is 2.23. The van der Waals surface area contributed by atoms with Crippen LogP contribution in [0.1, 0.15) is 20.8 Å². The van der Waals surface area contributed by atoms with Gasteiger partial charge in [0, 0.05) is 4.47 Å².